The van der Waals surface area contributed by atoms with Crippen molar-refractivity contribution in [2.45, 2.75) is 39.8 Å². The Kier molecular flexibility index (Phi) is 5.88. The van der Waals surface area contributed by atoms with E-state index < -0.39 is 0 Å². The van der Waals surface area contributed by atoms with Crippen molar-refractivity contribution in [3.05, 3.63) is 24.0 Å². The van der Waals surface area contributed by atoms with Gasteiger partial charge in [0.05, 0.1) is 24.8 Å². The number of aryl methyl sites for hydroxylation is 1. The van der Waals surface area contributed by atoms with Crippen LogP contribution in [0.15, 0.2) is 18.2 Å². The van der Waals surface area contributed by atoms with Crippen molar-refractivity contribution in [3.8, 4) is 5.75 Å². The number of hydrogen-bond acceptors (Lipinski definition) is 3. The van der Waals surface area contributed by atoms with E-state index in [0.717, 1.165) is 35.6 Å². The number of para-hydroxylation sites is 1. The molecule has 0 saturated heterocycles. The number of benzene rings is 1. The lowest BCUT2D eigenvalue weighted by Crippen LogP contribution is -2.13. The summed E-state index contributed by atoms with van der Waals surface area (Å²) >= 11 is 5.91. The number of hydrogen-bond donors (Lipinski definition) is 0. The molecule has 21 heavy (non-hydrogen) atoms. The maximum absolute atomic E-state index is 5.91. The summed E-state index contributed by atoms with van der Waals surface area (Å²) in [5, 5.41) is 0. The zero-order valence-electron chi connectivity index (χ0n) is 12.9. The molecule has 116 valence electrons. The van der Waals surface area contributed by atoms with Crippen LogP contribution in [-0.2, 0) is 17.7 Å². The molecular weight excluding hydrogens is 288 g/mol. The summed E-state index contributed by atoms with van der Waals surface area (Å²) in [7, 11) is 0. The van der Waals surface area contributed by atoms with Gasteiger partial charge in [-0.25, -0.2) is 4.98 Å². The van der Waals surface area contributed by atoms with E-state index in [2.05, 4.69) is 10.6 Å². The van der Waals surface area contributed by atoms with E-state index in [1.807, 2.05) is 32.9 Å². The Labute approximate surface area is 131 Å². The number of fused-ring (bicyclic) bond motifs is 1. The van der Waals surface area contributed by atoms with Crippen LogP contribution in [-0.4, -0.2) is 34.7 Å². The van der Waals surface area contributed by atoms with Crippen molar-refractivity contribution >= 4 is 22.6 Å². The molecule has 0 unspecified atom stereocenters. The van der Waals surface area contributed by atoms with Gasteiger partial charge in [0.1, 0.15) is 17.1 Å². The van der Waals surface area contributed by atoms with Gasteiger partial charge >= 0.3 is 0 Å². The monoisotopic (exact) mass is 310 g/mol. The van der Waals surface area contributed by atoms with Gasteiger partial charge < -0.3 is 14.0 Å². The molecule has 0 saturated carbocycles. The molecule has 1 aromatic heterocycles. The summed E-state index contributed by atoms with van der Waals surface area (Å²) in [4.78, 5) is 4.72. The molecule has 5 heteroatoms. The lowest BCUT2D eigenvalue weighted by Gasteiger charge is -2.11. The van der Waals surface area contributed by atoms with E-state index in [4.69, 9.17) is 26.1 Å². The molecule has 0 aliphatic heterocycles. The van der Waals surface area contributed by atoms with Crippen LogP contribution in [0.2, 0.25) is 0 Å². The van der Waals surface area contributed by atoms with Crippen molar-refractivity contribution in [2.75, 3.05) is 19.1 Å². The maximum Gasteiger partial charge on any atom is 0.147 e. The van der Waals surface area contributed by atoms with Gasteiger partial charge in [0.25, 0.3) is 0 Å². The minimum Gasteiger partial charge on any atom is -0.492 e. The molecular formula is C16H23ClN2O2. The second-order valence-corrected chi connectivity index (χ2v) is 5.47. The van der Waals surface area contributed by atoms with Crippen LogP contribution < -0.4 is 4.74 Å². The van der Waals surface area contributed by atoms with Gasteiger partial charge in [-0.05, 0) is 32.9 Å². The average molecular weight is 311 g/mol. The van der Waals surface area contributed by atoms with Gasteiger partial charge in [0.15, 0.2) is 0 Å². The second kappa shape index (κ2) is 7.66. The normalized spacial score (nSPS) is 11.5. The lowest BCUT2D eigenvalue weighted by molar-refractivity contribution is 0.0729. The van der Waals surface area contributed by atoms with Crippen LogP contribution in [0.5, 0.6) is 5.75 Å². The molecule has 0 amide bonds. The molecule has 2 rings (SSSR count). The van der Waals surface area contributed by atoms with Crippen molar-refractivity contribution in [1.82, 2.24) is 9.55 Å². The quantitative estimate of drug-likeness (QED) is 0.698. The van der Waals surface area contributed by atoms with Crippen LogP contribution in [0, 0.1) is 0 Å². The first-order chi connectivity index (χ1) is 10.2. The number of ether oxygens (including phenoxy) is 2. The highest BCUT2D eigenvalue weighted by Gasteiger charge is 2.14. The zero-order chi connectivity index (χ0) is 15.2. The molecule has 0 fully saturated rings. The fraction of sp³-hybridized carbons (Fsp3) is 0.562. The van der Waals surface area contributed by atoms with Gasteiger partial charge in [-0.1, -0.05) is 6.07 Å². The van der Waals surface area contributed by atoms with Crippen molar-refractivity contribution in [2.24, 2.45) is 0 Å². The van der Waals surface area contributed by atoms with Gasteiger partial charge in [-0.15, -0.1) is 11.6 Å². The van der Waals surface area contributed by atoms with Gasteiger partial charge in [-0.2, -0.15) is 0 Å². The third-order valence-electron chi connectivity index (χ3n) is 3.20. The number of halogens is 1. The zero-order valence-corrected chi connectivity index (χ0v) is 13.7. The molecule has 0 bridgehead atoms. The molecule has 0 spiro atoms. The first kappa shape index (κ1) is 16.1. The van der Waals surface area contributed by atoms with Gasteiger partial charge in [0.2, 0.25) is 0 Å². The smallest absolute Gasteiger partial charge is 0.147 e. The fourth-order valence-electron chi connectivity index (χ4n) is 2.35. The Morgan fingerprint density at radius 2 is 2.14 bits per heavy atom. The lowest BCUT2D eigenvalue weighted by atomic mass is 10.3. The third-order valence-corrected chi connectivity index (χ3v) is 3.39. The van der Waals surface area contributed by atoms with E-state index >= 15 is 0 Å². The first-order valence-corrected chi connectivity index (χ1v) is 7.99. The molecule has 0 aliphatic rings. The van der Waals surface area contributed by atoms with E-state index in [1.165, 1.54) is 0 Å². The molecule has 2 aromatic rings. The van der Waals surface area contributed by atoms with Crippen LogP contribution in [0.25, 0.3) is 11.0 Å². The maximum atomic E-state index is 5.91. The highest BCUT2D eigenvalue weighted by atomic mass is 35.5. The van der Waals surface area contributed by atoms with Gasteiger partial charge in [0, 0.05) is 18.8 Å². The summed E-state index contributed by atoms with van der Waals surface area (Å²) in [5.41, 5.74) is 1.98. The third kappa shape index (κ3) is 3.89. The summed E-state index contributed by atoms with van der Waals surface area (Å²) in [6.07, 6.45) is 0.971. The Morgan fingerprint density at radius 3 is 2.81 bits per heavy atom. The van der Waals surface area contributed by atoms with Crippen molar-refractivity contribution in [3.63, 3.8) is 0 Å². The minimum atomic E-state index is 0.232. The Hall–Kier alpha value is -1.26. The molecule has 1 heterocycles. The summed E-state index contributed by atoms with van der Waals surface area (Å²) in [5.74, 6) is 2.37. The Bertz CT molecular complexity index is 581. The van der Waals surface area contributed by atoms with E-state index in [0.29, 0.717) is 19.1 Å². The number of alkyl halides is 1. The van der Waals surface area contributed by atoms with Crippen LogP contribution >= 0.6 is 11.6 Å². The van der Waals surface area contributed by atoms with E-state index in [-0.39, 0.29) is 6.10 Å². The first-order valence-electron chi connectivity index (χ1n) is 7.45. The molecule has 4 nitrogen and oxygen atoms in total. The van der Waals surface area contributed by atoms with Crippen LogP contribution in [0.1, 0.15) is 26.6 Å². The number of nitrogens with zero attached hydrogens (tertiary/aromatic N) is 2. The summed E-state index contributed by atoms with van der Waals surface area (Å²) < 4.78 is 13.5. The summed E-state index contributed by atoms with van der Waals surface area (Å²) in [6, 6.07) is 6.02. The molecule has 0 atom stereocenters. The highest BCUT2D eigenvalue weighted by Crippen LogP contribution is 2.26. The Balaban J connectivity index is 2.35. The fourth-order valence-corrected chi connectivity index (χ4v) is 2.51. The molecule has 1 aromatic carbocycles. The standard InChI is InChI=1S/C16H23ClN2O2/c1-4-20-14-7-5-6-13-16(14)18-15(8-9-17)19(13)10-11-21-12(2)3/h5-7,12H,4,8-11H2,1-3H3. The van der Waals surface area contributed by atoms with Crippen molar-refractivity contribution < 1.29 is 9.47 Å². The molecule has 0 radical (unpaired) electrons. The Morgan fingerprint density at radius 1 is 1.33 bits per heavy atom. The van der Waals surface area contributed by atoms with Crippen LogP contribution in [0.3, 0.4) is 0 Å². The number of rotatable bonds is 8. The second-order valence-electron chi connectivity index (χ2n) is 5.10. The molecule has 0 N–H and O–H groups in total. The van der Waals surface area contributed by atoms with E-state index in [1.54, 1.807) is 0 Å². The highest BCUT2D eigenvalue weighted by molar-refractivity contribution is 6.17. The van der Waals surface area contributed by atoms with Crippen LogP contribution in [0.4, 0.5) is 0 Å². The SMILES string of the molecule is CCOc1cccc2c1nc(CCCl)n2CCOC(C)C. The topological polar surface area (TPSA) is 36.3 Å². The van der Waals surface area contributed by atoms with Crippen molar-refractivity contribution in [1.29, 1.82) is 0 Å². The number of aromatic nitrogens is 2. The predicted molar refractivity (Wildman–Crippen MR) is 86.4 cm³/mol. The van der Waals surface area contributed by atoms with Gasteiger partial charge in [-0.3, -0.25) is 0 Å². The molecule has 0 aliphatic carbocycles. The number of imidazole rings is 1. The minimum absolute atomic E-state index is 0.232. The average Bonchev–Trinajstić information content (AvgIpc) is 2.79. The predicted octanol–water partition coefficient (Wildman–Crippen LogP) is 3.64. The van der Waals surface area contributed by atoms with E-state index in [9.17, 15) is 0 Å². The largest absolute Gasteiger partial charge is 0.492 e. The summed E-state index contributed by atoms with van der Waals surface area (Å²) in [6.45, 7) is 8.13.